The molecule has 0 saturated carbocycles. The Bertz CT molecular complexity index is 3430. The summed E-state index contributed by atoms with van der Waals surface area (Å²) >= 11 is 0. The maximum atomic E-state index is 6.32. The summed E-state index contributed by atoms with van der Waals surface area (Å²) in [5.74, 6) is 1.57. The second-order valence-electron chi connectivity index (χ2n) is 20.5. The number of rotatable bonds is 5. The fourth-order valence-electron chi connectivity index (χ4n) is 13.2. The fraction of sp³-hybridized carbons (Fsp3) is 0.169. The van der Waals surface area contributed by atoms with Gasteiger partial charge in [0.05, 0.1) is 5.41 Å². The lowest BCUT2D eigenvalue weighted by molar-refractivity contribution is 0.174. The van der Waals surface area contributed by atoms with Gasteiger partial charge in [-0.05, 0) is 167 Å². The Morgan fingerprint density at radius 2 is 0.776 bits per heavy atom. The Morgan fingerprint density at radius 3 is 1.33 bits per heavy atom. The first-order valence-electron chi connectivity index (χ1n) is 23.8. The van der Waals surface area contributed by atoms with Crippen molar-refractivity contribution >= 4 is 0 Å². The van der Waals surface area contributed by atoms with Crippen LogP contribution in [0.1, 0.15) is 88.9 Å². The number of benzene rings is 9. The first-order chi connectivity index (χ1) is 32.5. The molecular formula is C65H52O2. The van der Waals surface area contributed by atoms with Crippen molar-refractivity contribution in [2.75, 3.05) is 6.79 Å². The van der Waals surface area contributed by atoms with E-state index in [0.717, 1.165) is 11.5 Å². The summed E-state index contributed by atoms with van der Waals surface area (Å²) in [7, 11) is 0. The molecule has 0 saturated heterocycles. The smallest absolute Gasteiger partial charge is 0.231 e. The lowest BCUT2D eigenvalue weighted by Gasteiger charge is -2.35. The zero-order valence-electron chi connectivity index (χ0n) is 39.3. The molecule has 0 N–H and O–H groups in total. The SMILES string of the molecule is Cc1cc(C)c(-c2cccc3c2-c2cc4c(cc2C3(c2cccc(-c3cccc5c3-c3ccccc3C5(C)C)c2)c2cccc(-c3cccc5c3-c3ccccc3C5(C)C)c2)OCO4)c(C)c1. The zero-order valence-corrected chi connectivity index (χ0v) is 39.3. The van der Waals surface area contributed by atoms with E-state index in [1.165, 1.54) is 128 Å². The van der Waals surface area contributed by atoms with Gasteiger partial charge >= 0.3 is 0 Å². The molecule has 0 unspecified atom stereocenters. The summed E-state index contributed by atoms with van der Waals surface area (Å²) in [6.07, 6.45) is 0. The van der Waals surface area contributed by atoms with Crippen LogP contribution in [0.25, 0.3) is 66.8 Å². The van der Waals surface area contributed by atoms with E-state index in [0.29, 0.717) is 0 Å². The van der Waals surface area contributed by atoms with Crippen molar-refractivity contribution in [1.29, 1.82) is 0 Å². The van der Waals surface area contributed by atoms with Gasteiger partial charge in [-0.2, -0.15) is 0 Å². The molecule has 0 radical (unpaired) electrons. The molecule has 9 aromatic rings. The molecular weight excluding hydrogens is 813 g/mol. The monoisotopic (exact) mass is 864 g/mol. The van der Waals surface area contributed by atoms with E-state index in [4.69, 9.17) is 9.47 Å². The van der Waals surface area contributed by atoms with E-state index >= 15 is 0 Å². The normalized spacial score (nSPS) is 15.6. The van der Waals surface area contributed by atoms with Gasteiger partial charge < -0.3 is 9.47 Å². The molecule has 13 rings (SSSR count). The lowest BCUT2D eigenvalue weighted by Crippen LogP contribution is -2.28. The molecule has 0 spiro atoms. The summed E-state index contributed by atoms with van der Waals surface area (Å²) < 4.78 is 12.6. The third-order valence-corrected chi connectivity index (χ3v) is 16.0. The summed E-state index contributed by atoms with van der Waals surface area (Å²) in [4.78, 5) is 0. The summed E-state index contributed by atoms with van der Waals surface area (Å²) in [5, 5.41) is 0. The van der Waals surface area contributed by atoms with E-state index in [-0.39, 0.29) is 17.6 Å². The Hall–Kier alpha value is -7.42. The van der Waals surface area contributed by atoms with Gasteiger partial charge in [-0.3, -0.25) is 0 Å². The molecule has 0 atom stereocenters. The van der Waals surface area contributed by atoms with Gasteiger partial charge in [0.15, 0.2) is 11.5 Å². The highest BCUT2D eigenvalue weighted by Crippen LogP contribution is 2.62. The number of fused-ring (bicyclic) bond motifs is 10. The van der Waals surface area contributed by atoms with Gasteiger partial charge in [-0.25, -0.2) is 0 Å². The standard InChI is InChI=1S/C65H52O2/c1-38-31-39(2)59(40(3)32-38)49-25-16-30-55-62(49)50-35-57-58(67-37-66-57)36-56(50)65(55,43-19-12-17-41(33-43)45-23-14-28-53-60(45)47-21-8-10-26-51(47)63(53,4)5)44-20-13-18-42(34-44)46-24-15-29-54-61(46)48-22-9-11-27-52(48)64(54,6)7/h8-36H,37H2,1-7H3. The van der Waals surface area contributed by atoms with Crippen molar-refractivity contribution in [3.05, 3.63) is 237 Å². The second-order valence-corrected chi connectivity index (χ2v) is 20.5. The van der Waals surface area contributed by atoms with Gasteiger partial charge in [-0.15, -0.1) is 0 Å². The zero-order chi connectivity index (χ0) is 45.6. The molecule has 1 aliphatic heterocycles. The van der Waals surface area contributed by atoms with E-state index in [2.05, 4.69) is 224 Å². The maximum absolute atomic E-state index is 6.32. The van der Waals surface area contributed by atoms with Crippen molar-refractivity contribution < 1.29 is 9.47 Å². The van der Waals surface area contributed by atoms with Crippen LogP contribution in [0.4, 0.5) is 0 Å². The van der Waals surface area contributed by atoms with Crippen LogP contribution in [0.5, 0.6) is 11.5 Å². The van der Waals surface area contributed by atoms with Crippen LogP contribution in [0.2, 0.25) is 0 Å². The summed E-state index contributed by atoms with van der Waals surface area (Å²) in [6.45, 7) is 16.4. The van der Waals surface area contributed by atoms with E-state index < -0.39 is 5.41 Å². The van der Waals surface area contributed by atoms with E-state index in [1.807, 2.05) is 0 Å². The Morgan fingerprint density at radius 1 is 0.343 bits per heavy atom. The van der Waals surface area contributed by atoms with Crippen LogP contribution in [-0.4, -0.2) is 6.79 Å². The minimum absolute atomic E-state index is 0.108. The van der Waals surface area contributed by atoms with Crippen molar-refractivity contribution in [3.63, 3.8) is 0 Å². The molecule has 67 heavy (non-hydrogen) atoms. The molecule has 2 nitrogen and oxygen atoms in total. The summed E-state index contributed by atoms with van der Waals surface area (Å²) in [5.41, 5.74) is 28.4. The van der Waals surface area contributed by atoms with Crippen molar-refractivity contribution in [2.24, 2.45) is 0 Å². The lowest BCUT2D eigenvalue weighted by atomic mass is 9.66. The Kier molecular flexibility index (Phi) is 8.37. The van der Waals surface area contributed by atoms with Crippen molar-refractivity contribution in [3.8, 4) is 78.3 Å². The van der Waals surface area contributed by atoms with E-state index in [9.17, 15) is 0 Å². The van der Waals surface area contributed by atoms with Gasteiger partial charge in [0.25, 0.3) is 0 Å². The molecule has 324 valence electrons. The number of aryl methyl sites for hydroxylation is 3. The van der Waals surface area contributed by atoms with Crippen LogP contribution < -0.4 is 9.47 Å². The number of hydrogen-bond acceptors (Lipinski definition) is 2. The maximum Gasteiger partial charge on any atom is 0.231 e. The second kappa shape index (κ2) is 14.0. The van der Waals surface area contributed by atoms with Crippen LogP contribution in [0, 0.1) is 20.8 Å². The Labute approximate surface area is 394 Å². The molecule has 0 fully saturated rings. The van der Waals surface area contributed by atoms with Crippen molar-refractivity contribution in [2.45, 2.75) is 64.7 Å². The highest BCUT2D eigenvalue weighted by molar-refractivity contribution is 5.99. The molecule has 3 aliphatic carbocycles. The van der Waals surface area contributed by atoms with Crippen LogP contribution >= 0.6 is 0 Å². The fourth-order valence-corrected chi connectivity index (χ4v) is 13.2. The first kappa shape index (κ1) is 39.9. The number of ether oxygens (including phenoxy) is 2. The predicted octanol–water partition coefficient (Wildman–Crippen LogP) is 16.3. The minimum atomic E-state index is -0.746. The molecule has 0 bridgehead atoms. The summed E-state index contributed by atoms with van der Waals surface area (Å²) in [6, 6.07) is 67.0. The highest BCUT2D eigenvalue weighted by Gasteiger charge is 2.49. The quantitative estimate of drug-likeness (QED) is 0.172. The largest absolute Gasteiger partial charge is 0.454 e. The van der Waals surface area contributed by atoms with Gasteiger partial charge in [0.1, 0.15) is 0 Å². The molecule has 0 aromatic heterocycles. The third kappa shape index (κ3) is 5.39. The van der Waals surface area contributed by atoms with Crippen LogP contribution in [0.3, 0.4) is 0 Å². The molecule has 1 heterocycles. The average Bonchev–Trinajstić information content (AvgIpc) is 4.05. The highest BCUT2D eigenvalue weighted by atomic mass is 16.7. The molecule has 4 aliphatic rings. The third-order valence-electron chi connectivity index (χ3n) is 16.0. The number of hydrogen-bond donors (Lipinski definition) is 0. The van der Waals surface area contributed by atoms with E-state index in [1.54, 1.807) is 0 Å². The first-order valence-corrected chi connectivity index (χ1v) is 23.8. The van der Waals surface area contributed by atoms with Crippen molar-refractivity contribution in [1.82, 2.24) is 0 Å². The van der Waals surface area contributed by atoms with Gasteiger partial charge in [0, 0.05) is 10.8 Å². The van der Waals surface area contributed by atoms with Crippen LogP contribution in [0.15, 0.2) is 176 Å². The minimum Gasteiger partial charge on any atom is -0.454 e. The van der Waals surface area contributed by atoms with Gasteiger partial charge in [-0.1, -0.05) is 185 Å². The predicted molar refractivity (Wildman–Crippen MR) is 276 cm³/mol. The topological polar surface area (TPSA) is 18.5 Å². The molecule has 9 aromatic carbocycles. The molecule has 0 amide bonds. The van der Waals surface area contributed by atoms with Gasteiger partial charge in [0.2, 0.25) is 6.79 Å². The average molecular weight is 865 g/mol. The van der Waals surface area contributed by atoms with Crippen LogP contribution in [-0.2, 0) is 16.2 Å². The Balaban J connectivity index is 1.13. The molecule has 2 heteroatoms.